The SMILES string of the molecule is O=C(NCCO)c1ccc(-c2ccccn2)[nH]c1=O. The molecule has 3 N–H and O–H groups in total. The largest absolute Gasteiger partial charge is 0.395 e. The van der Waals surface area contributed by atoms with Gasteiger partial charge in [0.2, 0.25) is 0 Å². The highest BCUT2D eigenvalue weighted by Crippen LogP contribution is 2.11. The lowest BCUT2D eigenvalue weighted by Crippen LogP contribution is -2.31. The number of hydrogen-bond acceptors (Lipinski definition) is 4. The molecule has 2 heterocycles. The number of hydrogen-bond donors (Lipinski definition) is 3. The Morgan fingerprint density at radius 1 is 1.32 bits per heavy atom. The summed E-state index contributed by atoms with van der Waals surface area (Å²) in [6, 6.07) is 8.41. The molecule has 0 atom stereocenters. The number of aromatic amines is 1. The monoisotopic (exact) mass is 259 g/mol. The van der Waals surface area contributed by atoms with Crippen LogP contribution in [0.5, 0.6) is 0 Å². The van der Waals surface area contributed by atoms with E-state index in [1.807, 2.05) is 6.07 Å². The summed E-state index contributed by atoms with van der Waals surface area (Å²) in [5, 5.41) is 11.0. The number of aromatic nitrogens is 2. The van der Waals surface area contributed by atoms with Crippen LogP contribution in [0, 0.1) is 0 Å². The van der Waals surface area contributed by atoms with Gasteiger partial charge in [-0.2, -0.15) is 0 Å². The molecule has 0 saturated carbocycles. The Morgan fingerprint density at radius 2 is 2.16 bits per heavy atom. The molecule has 0 aliphatic carbocycles. The third-order valence-electron chi connectivity index (χ3n) is 2.49. The Hall–Kier alpha value is -2.47. The van der Waals surface area contributed by atoms with Crippen LogP contribution in [0.2, 0.25) is 0 Å². The molecule has 0 spiro atoms. The van der Waals surface area contributed by atoms with Crippen LogP contribution in [0.25, 0.3) is 11.4 Å². The molecule has 0 saturated heterocycles. The van der Waals surface area contributed by atoms with Gasteiger partial charge in [-0.25, -0.2) is 0 Å². The van der Waals surface area contributed by atoms with Crippen molar-refractivity contribution in [3.05, 3.63) is 52.4 Å². The zero-order valence-corrected chi connectivity index (χ0v) is 10.1. The first-order chi connectivity index (χ1) is 9.22. The van der Waals surface area contributed by atoms with Gasteiger partial charge in [0.25, 0.3) is 11.5 Å². The van der Waals surface area contributed by atoms with Crippen LogP contribution in [-0.2, 0) is 0 Å². The Labute approximate surface area is 109 Å². The van der Waals surface area contributed by atoms with Crippen molar-refractivity contribution < 1.29 is 9.90 Å². The topological polar surface area (TPSA) is 95.1 Å². The normalized spacial score (nSPS) is 10.2. The second-order valence-corrected chi connectivity index (χ2v) is 3.81. The van der Waals surface area contributed by atoms with Gasteiger partial charge < -0.3 is 15.4 Å². The van der Waals surface area contributed by atoms with Crippen molar-refractivity contribution in [1.82, 2.24) is 15.3 Å². The minimum Gasteiger partial charge on any atom is -0.395 e. The molecule has 6 nitrogen and oxygen atoms in total. The number of nitrogens with one attached hydrogen (secondary N) is 2. The van der Waals surface area contributed by atoms with Gasteiger partial charge in [0.1, 0.15) is 5.56 Å². The van der Waals surface area contributed by atoms with E-state index in [0.717, 1.165) is 0 Å². The van der Waals surface area contributed by atoms with Gasteiger partial charge in [-0.3, -0.25) is 14.6 Å². The second-order valence-electron chi connectivity index (χ2n) is 3.81. The van der Waals surface area contributed by atoms with Crippen molar-refractivity contribution in [2.75, 3.05) is 13.2 Å². The molecule has 98 valence electrons. The molecule has 6 heteroatoms. The minimum absolute atomic E-state index is 0.00753. The summed E-state index contributed by atoms with van der Waals surface area (Å²) in [6.07, 6.45) is 1.62. The zero-order valence-electron chi connectivity index (χ0n) is 10.1. The van der Waals surface area contributed by atoms with E-state index in [1.54, 1.807) is 24.4 Å². The lowest BCUT2D eigenvalue weighted by atomic mass is 10.2. The first-order valence-electron chi connectivity index (χ1n) is 5.76. The fraction of sp³-hybridized carbons (Fsp3) is 0.154. The minimum atomic E-state index is -0.511. The summed E-state index contributed by atoms with van der Waals surface area (Å²) in [4.78, 5) is 30.1. The van der Waals surface area contributed by atoms with Crippen molar-refractivity contribution in [3.63, 3.8) is 0 Å². The van der Waals surface area contributed by atoms with Gasteiger partial charge in [0.15, 0.2) is 0 Å². The van der Waals surface area contributed by atoms with Crippen molar-refractivity contribution in [3.8, 4) is 11.4 Å². The highest BCUT2D eigenvalue weighted by Gasteiger charge is 2.10. The van der Waals surface area contributed by atoms with Gasteiger partial charge in [-0.1, -0.05) is 6.07 Å². The van der Waals surface area contributed by atoms with E-state index in [9.17, 15) is 9.59 Å². The maximum absolute atomic E-state index is 11.8. The van der Waals surface area contributed by atoms with E-state index >= 15 is 0 Å². The van der Waals surface area contributed by atoms with Crippen molar-refractivity contribution in [2.24, 2.45) is 0 Å². The lowest BCUT2D eigenvalue weighted by molar-refractivity contribution is 0.0943. The van der Waals surface area contributed by atoms with E-state index in [1.165, 1.54) is 6.07 Å². The molecule has 0 aliphatic heterocycles. The molecule has 0 unspecified atom stereocenters. The van der Waals surface area contributed by atoms with Crippen LogP contribution in [0.3, 0.4) is 0 Å². The smallest absolute Gasteiger partial charge is 0.261 e. The predicted molar refractivity (Wildman–Crippen MR) is 69.7 cm³/mol. The van der Waals surface area contributed by atoms with Crippen molar-refractivity contribution in [2.45, 2.75) is 0 Å². The van der Waals surface area contributed by atoms with E-state index in [4.69, 9.17) is 5.11 Å². The van der Waals surface area contributed by atoms with Crippen molar-refractivity contribution in [1.29, 1.82) is 0 Å². The summed E-state index contributed by atoms with van der Waals surface area (Å²) in [6.45, 7) is -0.0596. The highest BCUT2D eigenvalue weighted by molar-refractivity contribution is 5.94. The van der Waals surface area contributed by atoms with Crippen LogP contribution < -0.4 is 10.9 Å². The molecule has 0 aromatic carbocycles. The summed E-state index contributed by atoms with van der Waals surface area (Å²) < 4.78 is 0. The zero-order chi connectivity index (χ0) is 13.7. The fourth-order valence-electron chi connectivity index (χ4n) is 1.59. The first kappa shape index (κ1) is 13.0. The molecular weight excluding hydrogens is 246 g/mol. The van der Waals surface area contributed by atoms with Crippen molar-refractivity contribution >= 4 is 5.91 Å². The molecule has 2 aromatic rings. The van der Waals surface area contributed by atoms with Crippen LogP contribution in [-0.4, -0.2) is 34.1 Å². The first-order valence-corrected chi connectivity index (χ1v) is 5.76. The molecule has 0 radical (unpaired) electrons. The Bertz CT molecular complexity index is 623. The number of carbonyl (C=O) groups is 1. The van der Waals surface area contributed by atoms with Gasteiger partial charge in [0.05, 0.1) is 18.0 Å². The third kappa shape index (κ3) is 3.05. The van der Waals surface area contributed by atoms with Gasteiger partial charge in [-0.15, -0.1) is 0 Å². The van der Waals surface area contributed by atoms with E-state index in [0.29, 0.717) is 11.4 Å². The Balaban J connectivity index is 2.28. The number of amides is 1. The van der Waals surface area contributed by atoms with Gasteiger partial charge in [-0.05, 0) is 24.3 Å². The predicted octanol–water partition coefficient (Wildman–Crippen LogP) is 0.159. The summed E-state index contributed by atoms with van der Waals surface area (Å²) in [5.74, 6) is -0.511. The maximum Gasteiger partial charge on any atom is 0.261 e. The second kappa shape index (κ2) is 5.92. The quantitative estimate of drug-likeness (QED) is 0.728. The van der Waals surface area contributed by atoms with Gasteiger partial charge in [0, 0.05) is 12.7 Å². The van der Waals surface area contributed by atoms with Crippen LogP contribution in [0.4, 0.5) is 0 Å². The third-order valence-corrected chi connectivity index (χ3v) is 2.49. The average molecular weight is 259 g/mol. The van der Waals surface area contributed by atoms with E-state index in [-0.39, 0.29) is 18.7 Å². The van der Waals surface area contributed by atoms with E-state index < -0.39 is 11.5 Å². The van der Waals surface area contributed by atoms with E-state index in [2.05, 4.69) is 15.3 Å². The molecule has 0 fully saturated rings. The fourth-order valence-corrected chi connectivity index (χ4v) is 1.59. The van der Waals surface area contributed by atoms with Crippen LogP contribution >= 0.6 is 0 Å². The molecule has 2 rings (SSSR count). The summed E-state index contributed by atoms with van der Waals surface area (Å²) in [7, 11) is 0. The Morgan fingerprint density at radius 3 is 2.79 bits per heavy atom. The number of nitrogens with zero attached hydrogens (tertiary/aromatic N) is 1. The number of rotatable bonds is 4. The number of aliphatic hydroxyl groups excluding tert-OH is 1. The number of pyridine rings is 2. The molecule has 2 aromatic heterocycles. The summed E-state index contributed by atoms with van der Waals surface area (Å²) in [5.41, 5.74) is 0.693. The summed E-state index contributed by atoms with van der Waals surface area (Å²) >= 11 is 0. The number of aliphatic hydroxyl groups is 1. The van der Waals surface area contributed by atoms with Crippen LogP contribution in [0.15, 0.2) is 41.3 Å². The number of H-pyrrole nitrogens is 1. The number of carbonyl (C=O) groups excluding carboxylic acids is 1. The maximum atomic E-state index is 11.8. The molecule has 0 aliphatic rings. The highest BCUT2D eigenvalue weighted by atomic mass is 16.3. The average Bonchev–Trinajstić information content (AvgIpc) is 2.45. The molecular formula is C13H13N3O3. The Kier molecular flexibility index (Phi) is 4.04. The lowest BCUT2D eigenvalue weighted by Gasteiger charge is -2.04. The molecule has 19 heavy (non-hydrogen) atoms. The molecule has 1 amide bonds. The standard InChI is InChI=1S/C13H13N3O3/c17-8-7-15-12(18)9-4-5-11(16-13(9)19)10-3-1-2-6-14-10/h1-6,17H,7-8H2,(H,15,18)(H,16,19). The molecule has 0 bridgehead atoms. The van der Waals surface area contributed by atoms with Crippen LogP contribution in [0.1, 0.15) is 10.4 Å². The van der Waals surface area contributed by atoms with Gasteiger partial charge >= 0.3 is 0 Å².